The highest BCUT2D eigenvalue weighted by molar-refractivity contribution is 9.08. The molecule has 1 heterocycles. The molecule has 0 saturated carbocycles. The van der Waals surface area contributed by atoms with Gasteiger partial charge < -0.3 is 0 Å². The molecule has 2 nitrogen and oxygen atoms in total. The first-order valence-corrected chi connectivity index (χ1v) is 6.62. The van der Waals surface area contributed by atoms with Crippen LogP contribution in [0.1, 0.15) is 18.1 Å². The highest BCUT2D eigenvalue weighted by Gasteiger charge is 2.02. The lowest BCUT2D eigenvalue weighted by atomic mass is 10.1. The Morgan fingerprint density at radius 2 is 1.88 bits per heavy atom. The molecule has 0 radical (unpaired) electrons. The number of nitrogens with zero attached hydrogens (tertiary/aromatic N) is 2. The standard InChI is InChI=1S/C13H16BrN2/c1-2-15-7-8-16(11-15)10-13-5-3-12(9-14)4-6-13/h3-8,11H,2,9-10H2,1H3/q+1. The van der Waals surface area contributed by atoms with Crippen molar-refractivity contribution in [1.82, 2.24) is 4.57 Å². The molecule has 0 N–H and O–H groups in total. The van der Waals surface area contributed by atoms with Crippen LogP contribution in [0.25, 0.3) is 0 Å². The van der Waals surface area contributed by atoms with Crippen LogP contribution >= 0.6 is 15.9 Å². The van der Waals surface area contributed by atoms with Gasteiger partial charge in [0.2, 0.25) is 6.33 Å². The molecule has 3 heteroatoms. The minimum absolute atomic E-state index is 0.923. The van der Waals surface area contributed by atoms with Crippen LogP contribution in [-0.4, -0.2) is 4.57 Å². The van der Waals surface area contributed by atoms with Gasteiger partial charge in [0.15, 0.2) is 0 Å². The van der Waals surface area contributed by atoms with Crippen molar-refractivity contribution in [2.24, 2.45) is 0 Å². The van der Waals surface area contributed by atoms with Crippen LogP contribution in [-0.2, 0) is 18.4 Å². The van der Waals surface area contributed by atoms with Crippen molar-refractivity contribution < 1.29 is 4.57 Å². The topological polar surface area (TPSA) is 8.81 Å². The number of aromatic nitrogens is 2. The van der Waals surface area contributed by atoms with E-state index in [4.69, 9.17) is 0 Å². The monoisotopic (exact) mass is 279 g/mol. The molecule has 2 aromatic rings. The zero-order chi connectivity index (χ0) is 11.4. The van der Waals surface area contributed by atoms with Gasteiger partial charge in [0.05, 0.1) is 6.54 Å². The summed E-state index contributed by atoms with van der Waals surface area (Å²) in [6.07, 6.45) is 6.35. The number of hydrogen-bond acceptors (Lipinski definition) is 0. The molecular formula is C13H16BrN2+. The van der Waals surface area contributed by atoms with Crippen molar-refractivity contribution in [2.75, 3.05) is 0 Å². The van der Waals surface area contributed by atoms with Crippen LogP contribution < -0.4 is 4.57 Å². The Balaban J connectivity index is 2.08. The van der Waals surface area contributed by atoms with Gasteiger partial charge >= 0.3 is 0 Å². The average molecular weight is 280 g/mol. The van der Waals surface area contributed by atoms with E-state index < -0.39 is 0 Å². The fourth-order valence-corrected chi connectivity index (χ4v) is 2.04. The van der Waals surface area contributed by atoms with Gasteiger partial charge in [-0.1, -0.05) is 40.2 Å². The van der Waals surface area contributed by atoms with Crippen molar-refractivity contribution >= 4 is 15.9 Å². The van der Waals surface area contributed by atoms with Crippen molar-refractivity contribution in [1.29, 1.82) is 0 Å². The highest BCUT2D eigenvalue weighted by Crippen LogP contribution is 2.07. The number of aryl methyl sites for hydroxylation is 1. The Bertz CT molecular complexity index is 445. The van der Waals surface area contributed by atoms with E-state index in [0.717, 1.165) is 18.4 Å². The van der Waals surface area contributed by atoms with E-state index in [0.29, 0.717) is 0 Å². The second-order valence-corrected chi connectivity index (χ2v) is 4.43. The second kappa shape index (κ2) is 5.30. The molecule has 2 rings (SSSR count). The Kier molecular flexibility index (Phi) is 3.78. The first-order valence-electron chi connectivity index (χ1n) is 5.50. The maximum Gasteiger partial charge on any atom is 0.244 e. The molecule has 1 aromatic heterocycles. The van der Waals surface area contributed by atoms with Crippen molar-refractivity contribution in [3.05, 3.63) is 54.1 Å². The summed E-state index contributed by atoms with van der Waals surface area (Å²) >= 11 is 3.45. The minimum Gasteiger partial charge on any atom is -0.237 e. The van der Waals surface area contributed by atoms with E-state index in [9.17, 15) is 0 Å². The van der Waals surface area contributed by atoms with E-state index in [1.807, 2.05) is 0 Å². The van der Waals surface area contributed by atoms with Crippen molar-refractivity contribution in [2.45, 2.75) is 25.3 Å². The normalized spacial score (nSPS) is 10.6. The third kappa shape index (κ3) is 2.73. The Hall–Kier alpha value is -1.09. The van der Waals surface area contributed by atoms with Crippen molar-refractivity contribution in [3.8, 4) is 0 Å². The number of rotatable bonds is 4. The average Bonchev–Trinajstić information content (AvgIpc) is 2.78. The van der Waals surface area contributed by atoms with Gasteiger partial charge in [-0.25, -0.2) is 9.13 Å². The molecule has 0 aliphatic carbocycles. The van der Waals surface area contributed by atoms with Crippen LogP contribution in [0.2, 0.25) is 0 Å². The van der Waals surface area contributed by atoms with Gasteiger partial charge in [0.25, 0.3) is 0 Å². The zero-order valence-electron chi connectivity index (χ0n) is 9.44. The van der Waals surface area contributed by atoms with Gasteiger partial charge in [-0.15, -0.1) is 0 Å². The van der Waals surface area contributed by atoms with Gasteiger partial charge in [-0.3, -0.25) is 0 Å². The van der Waals surface area contributed by atoms with Crippen molar-refractivity contribution in [3.63, 3.8) is 0 Å². The number of halogens is 1. The third-order valence-corrected chi connectivity index (χ3v) is 3.30. The summed E-state index contributed by atoms with van der Waals surface area (Å²) in [5.74, 6) is 0. The molecule has 0 aliphatic heterocycles. The summed E-state index contributed by atoms with van der Waals surface area (Å²) in [4.78, 5) is 0. The van der Waals surface area contributed by atoms with Crippen LogP contribution in [0.3, 0.4) is 0 Å². The molecule has 0 atom stereocenters. The summed E-state index contributed by atoms with van der Waals surface area (Å²) in [6.45, 7) is 4.11. The SMILES string of the molecule is CCn1cc[n+](Cc2ccc(CBr)cc2)c1. The molecular weight excluding hydrogens is 264 g/mol. The smallest absolute Gasteiger partial charge is 0.237 e. The molecule has 0 spiro atoms. The summed E-state index contributed by atoms with van der Waals surface area (Å²) < 4.78 is 4.37. The number of alkyl halides is 1. The predicted octanol–water partition coefficient (Wildman–Crippen LogP) is 2.74. The zero-order valence-corrected chi connectivity index (χ0v) is 11.0. The fraction of sp³-hybridized carbons (Fsp3) is 0.308. The molecule has 0 amide bonds. The van der Waals surface area contributed by atoms with E-state index in [1.54, 1.807) is 0 Å². The van der Waals surface area contributed by atoms with Crippen LogP contribution in [0.5, 0.6) is 0 Å². The molecule has 16 heavy (non-hydrogen) atoms. The van der Waals surface area contributed by atoms with E-state index in [1.165, 1.54) is 11.1 Å². The fourth-order valence-electron chi connectivity index (χ4n) is 1.66. The number of imidazole rings is 1. The molecule has 84 valence electrons. The molecule has 1 aromatic carbocycles. The lowest BCUT2D eigenvalue weighted by Gasteiger charge is -1.99. The number of benzene rings is 1. The molecule has 0 saturated heterocycles. The quantitative estimate of drug-likeness (QED) is 0.601. The Morgan fingerprint density at radius 1 is 1.19 bits per heavy atom. The van der Waals surface area contributed by atoms with E-state index in [-0.39, 0.29) is 0 Å². The largest absolute Gasteiger partial charge is 0.244 e. The maximum absolute atomic E-state index is 3.45. The first-order chi connectivity index (χ1) is 7.81. The maximum atomic E-state index is 3.45. The lowest BCUT2D eigenvalue weighted by Crippen LogP contribution is -2.31. The summed E-state index contributed by atoms with van der Waals surface area (Å²) in [5.41, 5.74) is 2.66. The Labute approximate surface area is 105 Å². The number of hydrogen-bond donors (Lipinski definition) is 0. The van der Waals surface area contributed by atoms with E-state index in [2.05, 4.69) is 75.0 Å². The van der Waals surface area contributed by atoms with Gasteiger partial charge in [-0.2, -0.15) is 0 Å². The minimum atomic E-state index is 0.923. The third-order valence-electron chi connectivity index (χ3n) is 2.65. The first kappa shape index (κ1) is 11.4. The van der Waals surface area contributed by atoms with Gasteiger partial charge in [-0.05, 0) is 18.1 Å². The predicted molar refractivity (Wildman–Crippen MR) is 68.5 cm³/mol. The Morgan fingerprint density at radius 3 is 2.44 bits per heavy atom. The molecule has 0 bridgehead atoms. The lowest BCUT2D eigenvalue weighted by molar-refractivity contribution is -0.687. The highest BCUT2D eigenvalue weighted by atomic mass is 79.9. The summed E-state index contributed by atoms with van der Waals surface area (Å²) in [6, 6.07) is 8.71. The molecule has 0 aliphatic rings. The van der Waals surface area contributed by atoms with Gasteiger partial charge in [0.1, 0.15) is 18.9 Å². The second-order valence-electron chi connectivity index (χ2n) is 3.87. The van der Waals surface area contributed by atoms with Crippen LogP contribution in [0.4, 0.5) is 0 Å². The summed E-state index contributed by atoms with van der Waals surface area (Å²) in [5, 5.41) is 0.923. The summed E-state index contributed by atoms with van der Waals surface area (Å²) in [7, 11) is 0. The van der Waals surface area contributed by atoms with E-state index >= 15 is 0 Å². The van der Waals surface area contributed by atoms with Gasteiger partial charge in [0, 0.05) is 5.33 Å². The molecule has 0 fully saturated rings. The van der Waals surface area contributed by atoms with Crippen LogP contribution in [0, 0.1) is 0 Å². The van der Waals surface area contributed by atoms with Crippen LogP contribution in [0.15, 0.2) is 43.0 Å². The molecule has 0 unspecified atom stereocenters.